The van der Waals surface area contributed by atoms with E-state index in [1.54, 1.807) is 55.5 Å². The van der Waals surface area contributed by atoms with Crippen LogP contribution < -0.4 is 24.4 Å². The van der Waals surface area contributed by atoms with Gasteiger partial charge in [0, 0.05) is 11.9 Å². The number of halogens is 1. The molecule has 0 spiro atoms. The number of hydrogen-bond acceptors (Lipinski definition) is 8. The molecule has 8 nitrogen and oxygen atoms in total. The molecule has 180 valence electrons. The summed E-state index contributed by atoms with van der Waals surface area (Å²) in [6.45, 7) is 3.00. The third-order valence-corrected chi connectivity index (χ3v) is 6.69. The molecule has 0 radical (unpaired) electrons. The van der Waals surface area contributed by atoms with E-state index in [1.165, 1.54) is 37.0 Å². The van der Waals surface area contributed by atoms with Gasteiger partial charge in [0.15, 0.2) is 16.3 Å². The van der Waals surface area contributed by atoms with Gasteiger partial charge in [-0.05, 0) is 42.3 Å². The monoisotopic (exact) mass is 512 g/mol. The third kappa shape index (κ3) is 4.65. The maximum absolute atomic E-state index is 13.6. The number of esters is 2. The topological polar surface area (TPSA) is 96.2 Å². The lowest BCUT2D eigenvalue weighted by atomic mass is 9.96. The molecule has 3 aromatic rings. The van der Waals surface area contributed by atoms with Crippen molar-refractivity contribution >= 4 is 41.0 Å². The first-order chi connectivity index (χ1) is 16.7. The van der Waals surface area contributed by atoms with Crippen molar-refractivity contribution in [3.8, 4) is 11.5 Å². The van der Waals surface area contributed by atoms with Gasteiger partial charge in [-0.15, -0.1) is 0 Å². The molecule has 10 heteroatoms. The number of fused-ring (bicyclic) bond motifs is 1. The van der Waals surface area contributed by atoms with Crippen molar-refractivity contribution in [3.05, 3.63) is 89.6 Å². The van der Waals surface area contributed by atoms with Crippen LogP contribution in [0.5, 0.6) is 11.5 Å². The minimum atomic E-state index is -0.796. The van der Waals surface area contributed by atoms with Crippen molar-refractivity contribution < 1.29 is 23.8 Å². The Morgan fingerprint density at radius 2 is 1.89 bits per heavy atom. The summed E-state index contributed by atoms with van der Waals surface area (Å²) in [7, 11) is 2.74. The van der Waals surface area contributed by atoms with Gasteiger partial charge in [0.05, 0.1) is 30.0 Å². The minimum Gasteiger partial charge on any atom is -0.493 e. The van der Waals surface area contributed by atoms with E-state index in [9.17, 15) is 14.4 Å². The zero-order valence-electron chi connectivity index (χ0n) is 19.3. The van der Waals surface area contributed by atoms with Crippen LogP contribution in [0.15, 0.2) is 63.5 Å². The number of methoxy groups -OCH3 is 2. The Morgan fingerprint density at radius 1 is 1.14 bits per heavy atom. The zero-order valence-corrected chi connectivity index (χ0v) is 20.9. The highest BCUT2D eigenvalue weighted by atomic mass is 35.5. The maximum atomic E-state index is 13.6. The fraction of sp³-hybridized carbons (Fsp3) is 0.200. The Labute approximate surface area is 209 Å². The summed E-state index contributed by atoms with van der Waals surface area (Å²) in [6, 6.07) is 11.2. The Hall–Kier alpha value is -3.69. The van der Waals surface area contributed by atoms with Crippen molar-refractivity contribution in [2.75, 3.05) is 14.2 Å². The van der Waals surface area contributed by atoms with Gasteiger partial charge in [0.1, 0.15) is 6.04 Å². The third-order valence-electron chi connectivity index (χ3n) is 5.37. The lowest BCUT2D eigenvalue weighted by Gasteiger charge is -2.25. The van der Waals surface area contributed by atoms with Crippen LogP contribution >= 0.6 is 22.9 Å². The van der Waals surface area contributed by atoms with Crippen molar-refractivity contribution in [1.82, 2.24) is 4.57 Å². The highest BCUT2D eigenvalue weighted by Gasteiger charge is 2.34. The van der Waals surface area contributed by atoms with Gasteiger partial charge in [0.25, 0.3) is 5.56 Å². The van der Waals surface area contributed by atoms with Gasteiger partial charge < -0.3 is 14.2 Å². The number of rotatable bonds is 5. The van der Waals surface area contributed by atoms with E-state index in [1.807, 2.05) is 0 Å². The number of aromatic nitrogens is 1. The van der Waals surface area contributed by atoms with Crippen LogP contribution in [0.2, 0.25) is 5.02 Å². The predicted molar refractivity (Wildman–Crippen MR) is 132 cm³/mol. The molecule has 0 fully saturated rings. The molecule has 1 aliphatic heterocycles. The molecule has 4 rings (SSSR count). The minimum absolute atomic E-state index is 0.243. The summed E-state index contributed by atoms with van der Waals surface area (Å²) in [5, 5.41) is 0.411. The molecule has 0 bridgehead atoms. The molecule has 0 aliphatic carbocycles. The van der Waals surface area contributed by atoms with Crippen molar-refractivity contribution in [2.24, 2.45) is 4.99 Å². The highest BCUT2D eigenvalue weighted by Crippen LogP contribution is 2.34. The second kappa shape index (κ2) is 9.89. The van der Waals surface area contributed by atoms with Gasteiger partial charge in [-0.3, -0.25) is 14.2 Å². The quantitative estimate of drug-likeness (QED) is 0.385. The van der Waals surface area contributed by atoms with E-state index in [2.05, 4.69) is 4.99 Å². The number of carbonyl (C=O) groups excluding carboxylic acids is 2. The molecule has 35 heavy (non-hydrogen) atoms. The molecule has 0 unspecified atom stereocenters. The van der Waals surface area contributed by atoms with Crippen LogP contribution in [0.3, 0.4) is 0 Å². The number of thiazole rings is 1. The van der Waals surface area contributed by atoms with Crippen molar-refractivity contribution in [1.29, 1.82) is 0 Å². The summed E-state index contributed by atoms with van der Waals surface area (Å²) in [4.78, 5) is 42.6. The standard InChI is InChI=1S/C25H21ClN2O6S/c1-13-21(24(31)33-4)22(16-7-5-6-8-17(16)26)28-23(30)20(35-25(28)27-13)12-15-9-10-18(34-14(2)29)19(11-15)32-3/h5-12,22H,1-4H3/b20-12-/t22-/m1/s1. The molecule has 2 heterocycles. The van der Waals surface area contributed by atoms with E-state index in [0.29, 0.717) is 36.9 Å². The molecule has 1 aromatic heterocycles. The smallest absolute Gasteiger partial charge is 0.338 e. The highest BCUT2D eigenvalue weighted by molar-refractivity contribution is 7.07. The Balaban J connectivity index is 1.92. The first kappa shape index (κ1) is 24.4. The molecule has 1 aliphatic rings. The molecule has 2 aromatic carbocycles. The van der Waals surface area contributed by atoms with Crippen molar-refractivity contribution in [2.45, 2.75) is 19.9 Å². The van der Waals surface area contributed by atoms with Gasteiger partial charge in [-0.25, -0.2) is 9.79 Å². The molecule has 0 N–H and O–H groups in total. The van der Waals surface area contributed by atoms with Crippen LogP contribution in [0.25, 0.3) is 6.08 Å². The maximum Gasteiger partial charge on any atom is 0.338 e. The first-order valence-electron chi connectivity index (χ1n) is 10.5. The Morgan fingerprint density at radius 3 is 2.54 bits per heavy atom. The second-order valence-electron chi connectivity index (χ2n) is 7.60. The van der Waals surface area contributed by atoms with E-state index in [4.69, 9.17) is 25.8 Å². The molecular formula is C25H21ClN2O6S. The average Bonchev–Trinajstić information content (AvgIpc) is 3.13. The predicted octanol–water partition coefficient (Wildman–Crippen LogP) is 3.00. The molecule has 0 amide bonds. The fourth-order valence-corrected chi connectivity index (χ4v) is 5.13. The SMILES string of the molecule is COC(=O)C1=C(C)N=c2s/c(=C\c3ccc(OC(C)=O)c(OC)c3)c(=O)n2[C@@H]1c1ccccc1Cl. The van der Waals surface area contributed by atoms with Crippen molar-refractivity contribution in [3.63, 3.8) is 0 Å². The molecule has 0 saturated carbocycles. The largest absolute Gasteiger partial charge is 0.493 e. The van der Waals surface area contributed by atoms with E-state index in [0.717, 1.165) is 0 Å². The summed E-state index contributed by atoms with van der Waals surface area (Å²) in [6.07, 6.45) is 1.69. The fourth-order valence-electron chi connectivity index (χ4n) is 3.85. The second-order valence-corrected chi connectivity index (χ2v) is 9.02. The van der Waals surface area contributed by atoms with Gasteiger partial charge in [-0.2, -0.15) is 0 Å². The summed E-state index contributed by atoms with van der Waals surface area (Å²) in [5.41, 5.74) is 1.59. The zero-order chi connectivity index (χ0) is 25.3. The Kier molecular flexibility index (Phi) is 6.90. The lowest BCUT2D eigenvalue weighted by molar-refractivity contribution is -0.136. The van der Waals surface area contributed by atoms with E-state index in [-0.39, 0.29) is 16.9 Å². The number of hydrogen-bond donors (Lipinski definition) is 0. The normalized spacial score (nSPS) is 15.3. The molecular weight excluding hydrogens is 492 g/mol. The van der Waals surface area contributed by atoms with E-state index < -0.39 is 18.0 Å². The van der Waals surface area contributed by atoms with Gasteiger partial charge in [0.2, 0.25) is 0 Å². The lowest BCUT2D eigenvalue weighted by Crippen LogP contribution is -2.39. The summed E-state index contributed by atoms with van der Waals surface area (Å²) >= 11 is 7.67. The van der Waals surface area contributed by atoms with E-state index >= 15 is 0 Å². The van der Waals surface area contributed by atoms with Gasteiger partial charge in [-0.1, -0.05) is 47.2 Å². The number of carbonyl (C=O) groups is 2. The van der Waals surface area contributed by atoms with Gasteiger partial charge >= 0.3 is 11.9 Å². The van der Waals surface area contributed by atoms with Crippen LogP contribution in [0.1, 0.15) is 31.0 Å². The average molecular weight is 513 g/mol. The van der Waals surface area contributed by atoms with Crippen LogP contribution in [-0.4, -0.2) is 30.7 Å². The first-order valence-corrected chi connectivity index (χ1v) is 11.7. The Bertz CT molecular complexity index is 1550. The van der Waals surface area contributed by atoms with Crippen LogP contribution in [0.4, 0.5) is 0 Å². The van der Waals surface area contributed by atoms with Crippen LogP contribution in [0, 0.1) is 0 Å². The molecule has 1 atom stereocenters. The number of ether oxygens (including phenoxy) is 3. The number of benzene rings is 2. The number of nitrogens with zero attached hydrogens (tertiary/aromatic N) is 2. The molecule has 0 saturated heterocycles. The summed E-state index contributed by atoms with van der Waals surface area (Å²) < 4.78 is 17.3. The summed E-state index contributed by atoms with van der Waals surface area (Å²) in [5.74, 6) is -0.438. The van der Waals surface area contributed by atoms with Crippen LogP contribution in [-0.2, 0) is 14.3 Å². The number of allylic oxidation sites excluding steroid dienone is 1.